The Hall–Kier alpha value is -1.95. The Morgan fingerprint density at radius 2 is 1.94 bits per heavy atom. The average Bonchev–Trinajstić information content (AvgIpc) is 2.34. The summed E-state index contributed by atoms with van der Waals surface area (Å²) in [5.41, 5.74) is 0.660. The first-order chi connectivity index (χ1) is 8.65. The maximum Gasteiger partial charge on any atom is 0.324 e. The first kappa shape index (κ1) is 12.5. The number of benzene rings is 1. The molecular formula is C12H9BrFN3O. The number of aromatic nitrogens is 1. The van der Waals surface area contributed by atoms with Crippen LogP contribution < -0.4 is 10.6 Å². The molecule has 0 spiro atoms. The third-order valence-corrected chi connectivity index (χ3v) is 2.68. The number of amides is 2. The van der Waals surface area contributed by atoms with Crippen LogP contribution in [-0.4, -0.2) is 11.0 Å². The van der Waals surface area contributed by atoms with Crippen LogP contribution in [0.4, 0.5) is 20.7 Å². The standard InChI is InChI=1S/C12H9BrFN3O/c13-10-6-8(14)7-15-11(10)17-12(18)16-9-4-2-1-3-5-9/h1-7H,(H2,15,16,17,18). The fraction of sp³-hybridized carbons (Fsp3) is 0. The van der Waals surface area contributed by atoms with E-state index in [9.17, 15) is 9.18 Å². The van der Waals surface area contributed by atoms with Gasteiger partial charge in [-0.05, 0) is 34.1 Å². The predicted octanol–water partition coefficient (Wildman–Crippen LogP) is 3.63. The lowest BCUT2D eigenvalue weighted by molar-refractivity contribution is 0.262. The van der Waals surface area contributed by atoms with E-state index in [4.69, 9.17) is 0 Å². The molecule has 1 aromatic heterocycles. The van der Waals surface area contributed by atoms with Crippen LogP contribution in [0.2, 0.25) is 0 Å². The summed E-state index contributed by atoms with van der Waals surface area (Å²) in [6.45, 7) is 0. The zero-order chi connectivity index (χ0) is 13.0. The van der Waals surface area contributed by atoms with Crippen molar-refractivity contribution >= 4 is 33.5 Å². The minimum Gasteiger partial charge on any atom is -0.308 e. The van der Waals surface area contributed by atoms with Crippen molar-refractivity contribution < 1.29 is 9.18 Å². The number of nitrogens with one attached hydrogen (secondary N) is 2. The molecule has 92 valence electrons. The van der Waals surface area contributed by atoms with Gasteiger partial charge in [0.1, 0.15) is 11.6 Å². The Morgan fingerprint density at radius 3 is 2.61 bits per heavy atom. The van der Waals surface area contributed by atoms with Gasteiger partial charge in [0.2, 0.25) is 0 Å². The highest BCUT2D eigenvalue weighted by molar-refractivity contribution is 9.10. The molecule has 1 aromatic carbocycles. The van der Waals surface area contributed by atoms with Crippen LogP contribution in [0.15, 0.2) is 47.1 Å². The zero-order valence-corrected chi connectivity index (χ0v) is 10.7. The van der Waals surface area contributed by atoms with Gasteiger partial charge >= 0.3 is 6.03 Å². The molecule has 4 nitrogen and oxygen atoms in total. The number of para-hydroxylation sites is 1. The molecular weight excluding hydrogens is 301 g/mol. The van der Waals surface area contributed by atoms with Crippen molar-refractivity contribution in [2.45, 2.75) is 0 Å². The summed E-state index contributed by atoms with van der Waals surface area (Å²) >= 11 is 3.12. The molecule has 6 heteroatoms. The molecule has 2 rings (SSSR count). The predicted molar refractivity (Wildman–Crippen MR) is 71.0 cm³/mol. The summed E-state index contributed by atoms with van der Waals surface area (Å²) in [6.07, 6.45) is 1.03. The molecule has 0 radical (unpaired) electrons. The molecule has 0 aliphatic rings. The van der Waals surface area contributed by atoms with E-state index in [2.05, 4.69) is 31.5 Å². The van der Waals surface area contributed by atoms with Gasteiger partial charge in [-0.15, -0.1) is 0 Å². The van der Waals surface area contributed by atoms with Crippen molar-refractivity contribution in [1.29, 1.82) is 0 Å². The van der Waals surface area contributed by atoms with E-state index in [0.29, 0.717) is 10.2 Å². The fourth-order valence-electron chi connectivity index (χ4n) is 1.30. The summed E-state index contributed by atoms with van der Waals surface area (Å²) in [7, 11) is 0. The van der Waals surface area contributed by atoms with Crippen molar-refractivity contribution in [2.75, 3.05) is 10.6 Å². The van der Waals surface area contributed by atoms with Gasteiger partial charge in [0.15, 0.2) is 0 Å². The van der Waals surface area contributed by atoms with Crippen LogP contribution in [0.25, 0.3) is 0 Å². The second-order valence-corrected chi connectivity index (χ2v) is 4.28. The van der Waals surface area contributed by atoms with Gasteiger partial charge in [-0.1, -0.05) is 18.2 Å². The molecule has 0 aliphatic heterocycles. The number of halogens is 2. The van der Waals surface area contributed by atoms with E-state index < -0.39 is 11.8 Å². The number of carbonyl (C=O) groups is 1. The van der Waals surface area contributed by atoms with E-state index in [1.807, 2.05) is 18.2 Å². The minimum absolute atomic E-state index is 0.254. The maximum absolute atomic E-state index is 12.8. The fourth-order valence-corrected chi connectivity index (χ4v) is 1.72. The number of carbonyl (C=O) groups excluding carboxylic acids is 1. The summed E-state index contributed by atoms with van der Waals surface area (Å²) in [4.78, 5) is 15.4. The first-order valence-electron chi connectivity index (χ1n) is 5.09. The van der Waals surface area contributed by atoms with E-state index in [-0.39, 0.29) is 5.82 Å². The summed E-state index contributed by atoms with van der Waals surface area (Å²) in [5.74, 6) is -0.222. The molecule has 1 heterocycles. The van der Waals surface area contributed by atoms with Gasteiger partial charge < -0.3 is 5.32 Å². The van der Waals surface area contributed by atoms with Crippen molar-refractivity contribution in [1.82, 2.24) is 4.98 Å². The third-order valence-electron chi connectivity index (χ3n) is 2.07. The van der Waals surface area contributed by atoms with Gasteiger partial charge in [0.25, 0.3) is 0 Å². The second-order valence-electron chi connectivity index (χ2n) is 3.43. The van der Waals surface area contributed by atoms with Crippen molar-refractivity contribution in [2.24, 2.45) is 0 Å². The van der Waals surface area contributed by atoms with E-state index in [1.165, 1.54) is 6.07 Å². The molecule has 0 bridgehead atoms. The molecule has 0 atom stereocenters. The van der Waals surface area contributed by atoms with E-state index in [0.717, 1.165) is 6.20 Å². The van der Waals surface area contributed by atoms with Crippen LogP contribution in [0.3, 0.4) is 0 Å². The van der Waals surface area contributed by atoms with Crippen LogP contribution in [0.1, 0.15) is 0 Å². The van der Waals surface area contributed by atoms with Crippen LogP contribution in [-0.2, 0) is 0 Å². The van der Waals surface area contributed by atoms with E-state index in [1.54, 1.807) is 12.1 Å². The molecule has 2 amide bonds. The summed E-state index contributed by atoms with van der Waals surface area (Å²) in [6, 6.07) is 9.76. The number of anilines is 2. The number of nitrogens with zero attached hydrogens (tertiary/aromatic N) is 1. The van der Waals surface area contributed by atoms with Gasteiger partial charge in [0.05, 0.1) is 10.7 Å². The normalized spacial score (nSPS) is 9.89. The Balaban J connectivity index is 2.03. The Labute approximate surface area is 111 Å². The molecule has 0 saturated carbocycles. The Morgan fingerprint density at radius 1 is 1.22 bits per heavy atom. The van der Waals surface area contributed by atoms with Gasteiger partial charge in [-0.25, -0.2) is 14.2 Å². The van der Waals surface area contributed by atoms with Crippen LogP contribution in [0, 0.1) is 5.82 Å². The third kappa shape index (κ3) is 3.27. The molecule has 2 aromatic rings. The number of urea groups is 1. The van der Waals surface area contributed by atoms with Crippen LogP contribution >= 0.6 is 15.9 Å². The molecule has 0 fully saturated rings. The van der Waals surface area contributed by atoms with Crippen molar-refractivity contribution in [3.05, 3.63) is 52.9 Å². The monoisotopic (exact) mass is 309 g/mol. The lowest BCUT2D eigenvalue weighted by atomic mass is 10.3. The van der Waals surface area contributed by atoms with Gasteiger partial charge in [-0.3, -0.25) is 5.32 Å². The summed E-state index contributed by atoms with van der Waals surface area (Å²) in [5, 5.41) is 5.14. The van der Waals surface area contributed by atoms with Crippen LogP contribution in [0.5, 0.6) is 0 Å². The number of hydrogen-bond acceptors (Lipinski definition) is 2. The highest BCUT2D eigenvalue weighted by Gasteiger charge is 2.07. The molecule has 0 saturated heterocycles. The van der Waals surface area contributed by atoms with Crippen molar-refractivity contribution in [3.8, 4) is 0 Å². The quantitative estimate of drug-likeness (QED) is 0.890. The topological polar surface area (TPSA) is 54.0 Å². The maximum atomic E-state index is 12.8. The lowest BCUT2D eigenvalue weighted by Crippen LogP contribution is -2.20. The van der Waals surface area contributed by atoms with Gasteiger partial charge in [0, 0.05) is 5.69 Å². The lowest BCUT2D eigenvalue weighted by Gasteiger charge is -2.08. The first-order valence-corrected chi connectivity index (χ1v) is 5.88. The zero-order valence-electron chi connectivity index (χ0n) is 9.15. The number of hydrogen-bond donors (Lipinski definition) is 2. The minimum atomic E-state index is -0.476. The van der Waals surface area contributed by atoms with E-state index >= 15 is 0 Å². The molecule has 0 aliphatic carbocycles. The van der Waals surface area contributed by atoms with Crippen molar-refractivity contribution in [3.63, 3.8) is 0 Å². The number of rotatable bonds is 2. The highest BCUT2D eigenvalue weighted by atomic mass is 79.9. The largest absolute Gasteiger partial charge is 0.324 e. The highest BCUT2D eigenvalue weighted by Crippen LogP contribution is 2.20. The Bertz CT molecular complexity index is 563. The number of pyridine rings is 1. The molecule has 0 unspecified atom stereocenters. The molecule has 2 N–H and O–H groups in total. The van der Waals surface area contributed by atoms with Gasteiger partial charge in [-0.2, -0.15) is 0 Å². The average molecular weight is 310 g/mol. The Kier molecular flexibility index (Phi) is 3.88. The SMILES string of the molecule is O=C(Nc1ccccc1)Nc1ncc(F)cc1Br. The second kappa shape index (κ2) is 5.59. The summed E-state index contributed by atoms with van der Waals surface area (Å²) < 4.78 is 13.2. The molecule has 18 heavy (non-hydrogen) atoms. The smallest absolute Gasteiger partial charge is 0.308 e.